The first-order valence-electron chi connectivity index (χ1n) is 6.22. The molecule has 0 radical (unpaired) electrons. The van der Waals surface area contributed by atoms with Crippen LogP contribution in [0.25, 0.3) is 0 Å². The van der Waals surface area contributed by atoms with E-state index in [1.165, 1.54) is 0 Å². The Bertz CT molecular complexity index is 622. The van der Waals surface area contributed by atoms with Crippen molar-refractivity contribution in [2.75, 3.05) is 19.6 Å². The number of carbonyl (C=O) groups is 1. The van der Waals surface area contributed by atoms with Gasteiger partial charge in [0.1, 0.15) is 4.90 Å². The summed E-state index contributed by atoms with van der Waals surface area (Å²) in [7, 11) is -4.10. The Balaban J connectivity index is 2.95. The van der Waals surface area contributed by atoms with E-state index in [-0.39, 0.29) is 11.0 Å². The summed E-state index contributed by atoms with van der Waals surface area (Å²) in [6.07, 6.45) is 0.536. The molecule has 0 fully saturated rings. The minimum absolute atomic E-state index is 0.129. The summed E-state index contributed by atoms with van der Waals surface area (Å²) >= 11 is 2.98. The monoisotopic (exact) mass is 382 g/mol. The smallest absolute Gasteiger partial charge is 0.338 e. The summed E-state index contributed by atoms with van der Waals surface area (Å²) in [6.45, 7) is 3.45. The van der Waals surface area contributed by atoms with E-state index in [9.17, 15) is 17.6 Å². The van der Waals surface area contributed by atoms with E-state index in [0.29, 0.717) is 13.0 Å². The molecule has 0 aliphatic heterocycles. The van der Waals surface area contributed by atoms with Crippen molar-refractivity contribution in [1.82, 2.24) is 10.0 Å². The number of benzene rings is 1. The first-order valence-corrected chi connectivity index (χ1v) is 8.50. The Kier molecular flexibility index (Phi) is 6.72. The molecular formula is C12H16BrFN2O4S. The number of sulfonamides is 1. The van der Waals surface area contributed by atoms with Gasteiger partial charge in [-0.15, -0.1) is 0 Å². The molecule has 1 aromatic rings. The SMILES string of the molecule is CCNCCCNS(=O)(=O)c1cc(Br)cc(C(=O)O)c1F. The van der Waals surface area contributed by atoms with Crippen LogP contribution in [0.2, 0.25) is 0 Å². The second-order valence-electron chi connectivity index (χ2n) is 4.18. The lowest BCUT2D eigenvalue weighted by atomic mass is 10.2. The number of nitrogens with one attached hydrogen (secondary N) is 2. The molecule has 1 aromatic carbocycles. The molecule has 0 aliphatic carbocycles. The molecule has 6 nitrogen and oxygen atoms in total. The fourth-order valence-electron chi connectivity index (χ4n) is 1.59. The van der Waals surface area contributed by atoms with Gasteiger partial charge in [-0.2, -0.15) is 0 Å². The van der Waals surface area contributed by atoms with Crippen LogP contribution in [0.5, 0.6) is 0 Å². The van der Waals surface area contributed by atoms with Crippen LogP contribution in [0.1, 0.15) is 23.7 Å². The average molecular weight is 383 g/mol. The van der Waals surface area contributed by atoms with Gasteiger partial charge in [-0.25, -0.2) is 22.3 Å². The number of carboxylic acid groups (broad SMARTS) is 1. The van der Waals surface area contributed by atoms with Crippen LogP contribution in [0, 0.1) is 5.82 Å². The maximum Gasteiger partial charge on any atom is 0.338 e. The third kappa shape index (κ3) is 5.03. The van der Waals surface area contributed by atoms with Gasteiger partial charge in [0.05, 0.1) is 5.56 Å². The predicted octanol–water partition coefficient (Wildman–Crippen LogP) is 1.56. The fraction of sp³-hybridized carbons (Fsp3) is 0.417. The first-order chi connectivity index (χ1) is 9.79. The van der Waals surface area contributed by atoms with E-state index in [1.54, 1.807) is 0 Å². The van der Waals surface area contributed by atoms with Crippen LogP contribution >= 0.6 is 15.9 Å². The van der Waals surface area contributed by atoms with E-state index in [1.807, 2.05) is 6.92 Å². The molecule has 0 amide bonds. The van der Waals surface area contributed by atoms with Crippen molar-refractivity contribution in [3.8, 4) is 0 Å². The second-order valence-corrected chi connectivity index (χ2v) is 6.83. The highest BCUT2D eigenvalue weighted by Gasteiger charge is 2.24. The maximum absolute atomic E-state index is 14.0. The van der Waals surface area contributed by atoms with Gasteiger partial charge in [0.2, 0.25) is 10.0 Å². The highest BCUT2D eigenvalue weighted by atomic mass is 79.9. The van der Waals surface area contributed by atoms with Gasteiger partial charge >= 0.3 is 5.97 Å². The zero-order chi connectivity index (χ0) is 16.0. The molecule has 0 bridgehead atoms. The molecule has 0 aliphatic rings. The van der Waals surface area contributed by atoms with Crippen LogP contribution in [-0.4, -0.2) is 39.1 Å². The molecular weight excluding hydrogens is 367 g/mol. The topological polar surface area (TPSA) is 95.5 Å². The highest BCUT2D eigenvalue weighted by Crippen LogP contribution is 2.24. The van der Waals surface area contributed by atoms with E-state index in [2.05, 4.69) is 26.0 Å². The Morgan fingerprint density at radius 2 is 2.05 bits per heavy atom. The van der Waals surface area contributed by atoms with Gasteiger partial charge in [-0.3, -0.25) is 0 Å². The van der Waals surface area contributed by atoms with Gasteiger partial charge in [0.15, 0.2) is 5.82 Å². The van der Waals surface area contributed by atoms with Crippen molar-refractivity contribution in [3.63, 3.8) is 0 Å². The van der Waals surface area contributed by atoms with Crippen molar-refractivity contribution >= 4 is 31.9 Å². The summed E-state index contributed by atoms with van der Waals surface area (Å²) in [5.74, 6) is -2.80. The summed E-state index contributed by atoms with van der Waals surface area (Å²) < 4.78 is 40.5. The van der Waals surface area contributed by atoms with E-state index >= 15 is 0 Å². The van der Waals surface area contributed by atoms with Crippen LogP contribution in [0.15, 0.2) is 21.5 Å². The predicted molar refractivity (Wildman–Crippen MR) is 79.4 cm³/mol. The molecule has 3 N–H and O–H groups in total. The second kappa shape index (κ2) is 7.83. The van der Waals surface area contributed by atoms with Gasteiger partial charge < -0.3 is 10.4 Å². The zero-order valence-electron chi connectivity index (χ0n) is 11.3. The van der Waals surface area contributed by atoms with E-state index < -0.39 is 32.3 Å². The van der Waals surface area contributed by atoms with Crippen molar-refractivity contribution < 1.29 is 22.7 Å². The molecule has 0 heterocycles. The third-order valence-corrected chi connectivity index (χ3v) is 4.51. The summed E-state index contributed by atoms with van der Waals surface area (Å²) in [5.41, 5.74) is -0.697. The van der Waals surface area contributed by atoms with Gasteiger partial charge in [-0.05, 0) is 31.6 Å². The molecule has 0 unspecified atom stereocenters. The molecule has 0 saturated heterocycles. The van der Waals surface area contributed by atoms with Crippen molar-refractivity contribution in [2.45, 2.75) is 18.2 Å². The molecule has 21 heavy (non-hydrogen) atoms. The van der Waals surface area contributed by atoms with E-state index in [0.717, 1.165) is 18.7 Å². The largest absolute Gasteiger partial charge is 0.478 e. The lowest BCUT2D eigenvalue weighted by Crippen LogP contribution is -2.28. The van der Waals surface area contributed by atoms with Gasteiger partial charge in [0, 0.05) is 11.0 Å². The highest BCUT2D eigenvalue weighted by molar-refractivity contribution is 9.10. The number of hydrogen-bond acceptors (Lipinski definition) is 4. The van der Waals surface area contributed by atoms with E-state index in [4.69, 9.17) is 5.11 Å². The Hall–Kier alpha value is -1.03. The summed E-state index contributed by atoms with van der Waals surface area (Å²) in [6, 6.07) is 2.05. The number of aromatic carboxylic acids is 1. The molecule has 9 heteroatoms. The standard InChI is InChI=1S/C12H16BrFN2O4S/c1-2-15-4-3-5-16-21(19,20)10-7-8(13)6-9(11(10)14)12(17)18/h6-7,15-16H,2-5H2,1H3,(H,17,18). The minimum Gasteiger partial charge on any atom is -0.478 e. The molecule has 118 valence electrons. The number of carboxylic acids is 1. The minimum atomic E-state index is -4.10. The Morgan fingerprint density at radius 3 is 2.62 bits per heavy atom. The molecule has 0 atom stereocenters. The average Bonchev–Trinajstić information content (AvgIpc) is 2.40. The van der Waals surface area contributed by atoms with Gasteiger partial charge in [-0.1, -0.05) is 22.9 Å². The quantitative estimate of drug-likeness (QED) is 0.593. The van der Waals surface area contributed by atoms with Crippen molar-refractivity contribution in [1.29, 1.82) is 0 Å². The van der Waals surface area contributed by atoms with Crippen LogP contribution in [-0.2, 0) is 10.0 Å². The van der Waals surface area contributed by atoms with Crippen molar-refractivity contribution in [3.05, 3.63) is 28.0 Å². The number of hydrogen-bond donors (Lipinski definition) is 3. The van der Waals surface area contributed by atoms with Crippen molar-refractivity contribution in [2.24, 2.45) is 0 Å². The van der Waals surface area contributed by atoms with Crippen LogP contribution in [0.3, 0.4) is 0 Å². The normalized spacial score (nSPS) is 11.6. The maximum atomic E-state index is 14.0. The molecule has 0 spiro atoms. The molecule has 0 saturated carbocycles. The lowest BCUT2D eigenvalue weighted by Gasteiger charge is -2.10. The Morgan fingerprint density at radius 1 is 1.38 bits per heavy atom. The molecule has 1 rings (SSSR count). The summed E-state index contributed by atoms with van der Waals surface area (Å²) in [5, 5.41) is 11.9. The number of halogens is 2. The molecule has 0 aromatic heterocycles. The fourth-order valence-corrected chi connectivity index (χ4v) is 3.40. The van der Waals surface area contributed by atoms with Gasteiger partial charge in [0.25, 0.3) is 0 Å². The number of rotatable bonds is 8. The third-order valence-electron chi connectivity index (χ3n) is 2.60. The lowest BCUT2D eigenvalue weighted by molar-refractivity contribution is 0.0691. The van der Waals surface area contributed by atoms with Crippen LogP contribution in [0.4, 0.5) is 4.39 Å². The Labute approximate surface area is 130 Å². The summed E-state index contributed by atoms with van der Waals surface area (Å²) in [4.78, 5) is 10.2. The van der Waals surface area contributed by atoms with Crippen LogP contribution < -0.4 is 10.0 Å². The zero-order valence-corrected chi connectivity index (χ0v) is 13.7. The first kappa shape index (κ1) is 18.0.